The topological polar surface area (TPSA) is 46.2 Å². The van der Waals surface area contributed by atoms with E-state index in [4.69, 9.17) is 0 Å². The molecule has 130 valence electrons. The van der Waals surface area contributed by atoms with Crippen LogP contribution in [0.15, 0.2) is 83.8 Å². The van der Waals surface area contributed by atoms with Crippen LogP contribution in [-0.2, 0) is 10.0 Å². The second-order valence-electron chi connectivity index (χ2n) is 6.14. The first-order valence-corrected chi connectivity index (χ1v) is 10.5. The van der Waals surface area contributed by atoms with Gasteiger partial charge < -0.3 is 0 Å². The Labute approximate surface area is 157 Å². The van der Waals surface area contributed by atoms with E-state index in [9.17, 15) is 8.42 Å². The molecule has 0 radical (unpaired) electrons. The molecule has 4 rings (SSSR count). The van der Waals surface area contributed by atoms with Crippen molar-refractivity contribution >= 4 is 37.1 Å². The first-order chi connectivity index (χ1) is 12.5. The zero-order chi connectivity index (χ0) is 18.1. The molecule has 0 amide bonds. The number of anilines is 1. The first kappa shape index (κ1) is 16.8. The minimum absolute atomic E-state index is 0.261. The molecule has 0 bridgehead atoms. The third kappa shape index (κ3) is 3.36. The highest BCUT2D eigenvalue weighted by Crippen LogP contribution is 2.34. The van der Waals surface area contributed by atoms with Gasteiger partial charge in [0.1, 0.15) is 0 Å². The molecule has 3 nitrogen and oxygen atoms in total. The molecule has 0 aliphatic rings. The molecular formula is C21H17NO2S2. The zero-order valence-electron chi connectivity index (χ0n) is 14.1. The Kier molecular flexibility index (Phi) is 4.26. The van der Waals surface area contributed by atoms with E-state index in [2.05, 4.69) is 22.9 Å². The summed E-state index contributed by atoms with van der Waals surface area (Å²) in [6, 6.07) is 24.7. The van der Waals surface area contributed by atoms with Crippen LogP contribution in [-0.4, -0.2) is 8.42 Å². The monoisotopic (exact) mass is 379 g/mol. The lowest BCUT2D eigenvalue weighted by molar-refractivity contribution is 0.601. The summed E-state index contributed by atoms with van der Waals surface area (Å²) >= 11 is 1.73. The second-order valence-corrected chi connectivity index (χ2v) is 8.91. The van der Waals surface area contributed by atoms with Gasteiger partial charge in [-0.1, -0.05) is 48.0 Å². The quantitative estimate of drug-likeness (QED) is 0.496. The van der Waals surface area contributed by atoms with Crippen LogP contribution in [0.2, 0.25) is 0 Å². The SMILES string of the molecule is Cc1ccc(S(=O)(=O)Nc2ccc(-c3cc4ccccc4s3)cc2)cc1. The maximum atomic E-state index is 12.5. The van der Waals surface area contributed by atoms with Crippen LogP contribution < -0.4 is 4.72 Å². The first-order valence-electron chi connectivity index (χ1n) is 8.20. The van der Waals surface area contributed by atoms with Crippen LogP contribution in [0.5, 0.6) is 0 Å². The van der Waals surface area contributed by atoms with E-state index < -0.39 is 10.0 Å². The van der Waals surface area contributed by atoms with Crippen LogP contribution in [0.25, 0.3) is 20.5 Å². The summed E-state index contributed by atoms with van der Waals surface area (Å²) in [5, 5.41) is 1.22. The number of hydrogen-bond acceptors (Lipinski definition) is 3. The third-order valence-corrected chi connectivity index (χ3v) is 6.74. The maximum Gasteiger partial charge on any atom is 0.261 e. The third-order valence-electron chi connectivity index (χ3n) is 4.18. The summed E-state index contributed by atoms with van der Waals surface area (Å²) in [6.45, 7) is 1.93. The van der Waals surface area contributed by atoms with Crippen LogP contribution in [0.3, 0.4) is 0 Å². The van der Waals surface area contributed by atoms with Gasteiger partial charge in [-0.05, 0) is 54.3 Å². The van der Waals surface area contributed by atoms with Gasteiger partial charge in [0, 0.05) is 15.3 Å². The van der Waals surface area contributed by atoms with Crippen molar-refractivity contribution in [3.63, 3.8) is 0 Å². The molecule has 26 heavy (non-hydrogen) atoms. The van der Waals surface area contributed by atoms with Crippen molar-refractivity contribution in [3.05, 3.63) is 84.4 Å². The highest BCUT2D eigenvalue weighted by atomic mass is 32.2. The van der Waals surface area contributed by atoms with Crippen molar-refractivity contribution in [1.29, 1.82) is 0 Å². The van der Waals surface area contributed by atoms with Crippen LogP contribution in [0.4, 0.5) is 5.69 Å². The number of rotatable bonds is 4. The Hall–Kier alpha value is -2.63. The van der Waals surface area contributed by atoms with Crippen molar-refractivity contribution in [2.45, 2.75) is 11.8 Å². The Morgan fingerprint density at radius 1 is 0.846 bits per heavy atom. The molecule has 0 fully saturated rings. The van der Waals surface area contributed by atoms with Gasteiger partial charge in [0.25, 0.3) is 10.0 Å². The van der Waals surface area contributed by atoms with E-state index in [1.54, 1.807) is 47.7 Å². The number of hydrogen-bond donors (Lipinski definition) is 1. The number of fused-ring (bicyclic) bond motifs is 1. The van der Waals surface area contributed by atoms with Gasteiger partial charge in [-0.15, -0.1) is 11.3 Å². The van der Waals surface area contributed by atoms with E-state index in [1.807, 2.05) is 31.2 Å². The molecule has 4 aromatic rings. The molecule has 0 aliphatic heterocycles. The number of nitrogens with one attached hydrogen (secondary N) is 1. The molecule has 0 unspecified atom stereocenters. The largest absolute Gasteiger partial charge is 0.280 e. The Morgan fingerprint density at radius 2 is 1.54 bits per heavy atom. The average molecular weight is 380 g/mol. The number of sulfonamides is 1. The lowest BCUT2D eigenvalue weighted by Crippen LogP contribution is -2.12. The van der Waals surface area contributed by atoms with E-state index in [1.165, 1.54) is 15.0 Å². The molecule has 3 aromatic carbocycles. The molecule has 0 aliphatic carbocycles. The fourth-order valence-corrected chi connectivity index (χ4v) is 4.88. The van der Waals surface area contributed by atoms with E-state index in [-0.39, 0.29) is 4.90 Å². The normalized spacial score (nSPS) is 11.6. The van der Waals surface area contributed by atoms with Gasteiger partial charge in [0.05, 0.1) is 4.90 Å². The molecule has 1 aromatic heterocycles. The number of thiophene rings is 1. The molecular weight excluding hydrogens is 362 g/mol. The predicted octanol–water partition coefficient (Wildman–Crippen LogP) is 5.68. The minimum atomic E-state index is -3.58. The molecule has 0 atom stereocenters. The van der Waals surface area contributed by atoms with Crippen molar-refractivity contribution < 1.29 is 8.42 Å². The summed E-state index contributed by atoms with van der Waals surface area (Å²) in [5.41, 5.74) is 2.65. The van der Waals surface area contributed by atoms with Crippen molar-refractivity contribution in [2.75, 3.05) is 4.72 Å². The highest BCUT2D eigenvalue weighted by Gasteiger charge is 2.14. The Morgan fingerprint density at radius 3 is 2.23 bits per heavy atom. The van der Waals surface area contributed by atoms with Crippen molar-refractivity contribution in [3.8, 4) is 10.4 Å². The molecule has 5 heteroatoms. The van der Waals surface area contributed by atoms with Gasteiger partial charge in [0.15, 0.2) is 0 Å². The molecule has 1 N–H and O–H groups in total. The van der Waals surface area contributed by atoms with Crippen LogP contribution in [0.1, 0.15) is 5.56 Å². The Bertz CT molecular complexity index is 1130. The summed E-state index contributed by atoms with van der Waals surface area (Å²) in [6.07, 6.45) is 0. The van der Waals surface area contributed by atoms with Crippen molar-refractivity contribution in [1.82, 2.24) is 0 Å². The van der Waals surface area contributed by atoms with Gasteiger partial charge in [-0.25, -0.2) is 8.42 Å². The van der Waals surface area contributed by atoms with Crippen LogP contribution in [0, 0.1) is 6.92 Å². The molecule has 0 spiro atoms. The van der Waals surface area contributed by atoms with E-state index in [0.29, 0.717) is 5.69 Å². The Balaban J connectivity index is 1.58. The minimum Gasteiger partial charge on any atom is -0.280 e. The summed E-state index contributed by atoms with van der Waals surface area (Å²) in [4.78, 5) is 1.43. The average Bonchev–Trinajstić information content (AvgIpc) is 3.06. The highest BCUT2D eigenvalue weighted by molar-refractivity contribution is 7.92. The fourth-order valence-electron chi connectivity index (χ4n) is 2.76. The van der Waals surface area contributed by atoms with E-state index in [0.717, 1.165) is 11.1 Å². The van der Waals surface area contributed by atoms with Gasteiger partial charge in [0.2, 0.25) is 0 Å². The smallest absolute Gasteiger partial charge is 0.261 e. The van der Waals surface area contributed by atoms with Crippen LogP contribution >= 0.6 is 11.3 Å². The van der Waals surface area contributed by atoms with Gasteiger partial charge >= 0.3 is 0 Å². The van der Waals surface area contributed by atoms with Gasteiger partial charge in [-0.3, -0.25) is 4.72 Å². The summed E-state index contributed by atoms with van der Waals surface area (Å²) < 4.78 is 28.8. The fraction of sp³-hybridized carbons (Fsp3) is 0.0476. The molecule has 0 saturated heterocycles. The molecule has 1 heterocycles. The van der Waals surface area contributed by atoms with Crippen molar-refractivity contribution in [2.24, 2.45) is 0 Å². The van der Waals surface area contributed by atoms with E-state index >= 15 is 0 Å². The summed E-state index contributed by atoms with van der Waals surface area (Å²) in [5.74, 6) is 0. The lowest BCUT2D eigenvalue weighted by atomic mass is 10.1. The number of aryl methyl sites for hydroxylation is 1. The standard InChI is InChI=1S/C21H17NO2S2/c1-15-6-12-19(13-7-15)26(23,24)22-18-10-8-16(9-11-18)21-14-17-4-2-3-5-20(17)25-21/h2-14,22H,1H3. The molecule has 0 saturated carbocycles. The maximum absolute atomic E-state index is 12.5. The lowest BCUT2D eigenvalue weighted by Gasteiger charge is -2.09. The van der Waals surface area contributed by atoms with Gasteiger partial charge in [-0.2, -0.15) is 0 Å². The second kappa shape index (κ2) is 6.59. The summed E-state index contributed by atoms with van der Waals surface area (Å²) in [7, 11) is -3.58. The predicted molar refractivity (Wildman–Crippen MR) is 109 cm³/mol. The zero-order valence-corrected chi connectivity index (χ0v) is 15.8. The number of benzene rings is 3.